The van der Waals surface area contributed by atoms with Gasteiger partial charge < -0.3 is 34.7 Å². The minimum atomic E-state index is -0.189. The lowest BCUT2D eigenvalue weighted by Gasteiger charge is -2.43. The summed E-state index contributed by atoms with van der Waals surface area (Å²) in [5.74, 6) is 0.0617. The van der Waals surface area contributed by atoms with E-state index in [0.29, 0.717) is 39.3 Å². The Balaban J connectivity index is 1.38. The summed E-state index contributed by atoms with van der Waals surface area (Å²) in [6, 6.07) is 0. The molecule has 0 unspecified atom stereocenters. The lowest BCUT2D eigenvalue weighted by molar-refractivity contribution is -0.304. The number of carbonyl (C=O) groups excluding carboxylic acids is 2. The van der Waals surface area contributed by atoms with Crippen molar-refractivity contribution < 1.29 is 33.3 Å². The topological polar surface area (TPSA) is 118 Å². The van der Waals surface area contributed by atoms with Crippen LogP contribution in [0.1, 0.15) is 122 Å². The van der Waals surface area contributed by atoms with Crippen LogP contribution in [0.4, 0.5) is 0 Å². The highest BCUT2D eigenvalue weighted by atomic mass is 16.7. The van der Waals surface area contributed by atoms with E-state index < -0.39 is 0 Å². The molecule has 1 amide bonds. The highest BCUT2D eigenvalue weighted by molar-refractivity contribution is 5.75. The van der Waals surface area contributed by atoms with Gasteiger partial charge in [0.2, 0.25) is 5.91 Å². The molecule has 2 aliphatic heterocycles. The Labute approximate surface area is 242 Å². The number of esters is 1. The molecule has 3 N–H and O–H groups in total. The number of methoxy groups -OCH3 is 1. The van der Waals surface area contributed by atoms with Crippen molar-refractivity contribution in [3.05, 3.63) is 0 Å². The predicted octanol–water partition coefficient (Wildman–Crippen LogP) is 5.38. The van der Waals surface area contributed by atoms with E-state index in [2.05, 4.69) is 10.1 Å². The van der Waals surface area contributed by atoms with E-state index in [4.69, 9.17) is 24.7 Å². The molecule has 2 aliphatic rings. The highest BCUT2D eigenvalue weighted by Crippen LogP contribution is 2.32. The van der Waals surface area contributed by atoms with Crippen LogP contribution in [0.2, 0.25) is 0 Å². The fraction of sp³-hybridized carbons (Fsp3) is 0.935. The van der Waals surface area contributed by atoms with E-state index in [1.165, 1.54) is 26.4 Å². The van der Waals surface area contributed by atoms with Crippen molar-refractivity contribution in [2.24, 2.45) is 11.1 Å². The standard InChI is InChI=1S/C31H58N2O7/c1-36-28(35)18-12-6-3-8-14-20-30-39-25-31(26-40-30)23-37-29(38-24-31)19-13-7-2-5-11-17-27(34)33-22-16-10-4-9-15-21-32/h29-30H,2-26,32H2,1H3,(H,33,34). The predicted molar refractivity (Wildman–Crippen MR) is 156 cm³/mol. The van der Waals surface area contributed by atoms with Gasteiger partial charge in [0.15, 0.2) is 12.6 Å². The maximum Gasteiger partial charge on any atom is 0.305 e. The molecule has 0 bridgehead atoms. The number of hydrogen-bond donors (Lipinski definition) is 2. The number of unbranched alkanes of at least 4 members (excludes halogenated alkanes) is 12. The molecule has 0 radical (unpaired) electrons. The van der Waals surface area contributed by atoms with Crippen LogP contribution in [0, 0.1) is 5.41 Å². The highest BCUT2D eigenvalue weighted by Gasteiger charge is 2.41. The summed E-state index contributed by atoms with van der Waals surface area (Å²) in [5.41, 5.74) is 5.31. The first kappa shape index (κ1) is 34.9. The summed E-state index contributed by atoms with van der Waals surface area (Å²) in [5, 5.41) is 3.04. The van der Waals surface area contributed by atoms with Gasteiger partial charge in [-0.1, -0.05) is 57.8 Å². The minimum absolute atomic E-state index is 0.124. The molecule has 0 atom stereocenters. The molecule has 0 aliphatic carbocycles. The Hall–Kier alpha value is -1.26. The van der Waals surface area contributed by atoms with E-state index in [0.717, 1.165) is 103 Å². The van der Waals surface area contributed by atoms with Crippen LogP contribution >= 0.6 is 0 Å². The SMILES string of the molecule is COC(=O)CCCCCCCC1OCC2(COC(CCCCCCCC(=O)NCCCCCCCN)OC2)CO1. The second-order valence-corrected chi connectivity index (χ2v) is 11.7. The molecule has 0 aromatic rings. The first-order valence-electron chi connectivity index (χ1n) is 16.1. The van der Waals surface area contributed by atoms with Crippen LogP contribution < -0.4 is 11.1 Å². The molecule has 1 spiro atoms. The van der Waals surface area contributed by atoms with Gasteiger partial charge in [-0.05, 0) is 57.9 Å². The number of amides is 1. The molecule has 2 saturated heterocycles. The van der Waals surface area contributed by atoms with Crippen molar-refractivity contribution in [3.8, 4) is 0 Å². The lowest BCUT2D eigenvalue weighted by atomic mass is 9.90. The Morgan fingerprint density at radius 2 is 1.12 bits per heavy atom. The van der Waals surface area contributed by atoms with Gasteiger partial charge in [-0.15, -0.1) is 0 Å². The van der Waals surface area contributed by atoms with E-state index in [9.17, 15) is 9.59 Å². The molecule has 0 aromatic carbocycles. The lowest BCUT2D eigenvalue weighted by Crippen LogP contribution is -2.52. The van der Waals surface area contributed by atoms with Crippen LogP contribution in [0.25, 0.3) is 0 Å². The fourth-order valence-corrected chi connectivity index (χ4v) is 5.21. The second kappa shape index (κ2) is 22.4. The third-order valence-corrected chi connectivity index (χ3v) is 7.90. The average molecular weight is 571 g/mol. The van der Waals surface area contributed by atoms with Gasteiger partial charge in [-0.25, -0.2) is 0 Å². The Morgan fingerprint density at radius 3 is 1.65 bits per heavy atom. The first-order chi connectivity index (χ1) is 19.6. The normalized spacial score (nSPS) is 22.9. The van der Waals surface area contributed by atoms with Crippen molar-refractivity contribution in [1.29, 1.82) is 0 Å². The molecule has 40 heavy (non-hydrogen) atoms. The average Bonchev–Trinajstić information content (AvgIpc) is 2.97. The zero-order valence-electron chi connectivity index (χ0n) is 25.3. The Bertz CT molecular complexity index is 646. The fourth-order valence-electron chi connectivity index (χ4n) is 5.21. The third-order valence-electron chi connectivity index (χ3n) is 7.90. The Morgan fingerprint density at radius 1 is 0.675 bits per heavy atom. The first-order valence-corrected chi connectivity index (χ1v) is 16.1. The zero-order valence-corrected chi connectivity index (χ0v) is 25.3. The van der Waals surface area contributed by atoms with Gasteiger partial charge in [0.05, 0.1) is 39.0 Å². The molecule has 9 nitrogen and oxygen atoms in total. The molecular formula is C31H58N2O7. The van der Waals surface area contributed by atoms with Crippen LogP contribution in [0.5, 0.6) is 0 Å². The molecule has 0 saturated carbocycles. The van der Waals surface area contributed by atoms with E-state index >= 15 is 0 Å². The van der Waals surface area contributed by atoms with Crippen molar-refractivity contribution in [2.45, 2.75) is 135 Å². The van der Waals surface area contributed by atoms with Crippen molar-refractivity contribution in [3.63, 3.8) is 0 Å². The third kappa shape index (κ3) is 16.2. The quantitative estimate of drug-likeness (QED) is 0.124. The van der Waals surface area contributed by atoms with Crippen molar-refractivity contribution in [1.82, 2.24) is 5.32 Å². The molecule has 0 aromatic heterocycles. The van der Waals surface area contributed by atoms with Gasteiger partial charge in [0.25, 0.3) is 0 Å². The maximum absolute atomic E-state index is 11.9. The number of nitrogens with two attached hydrogens (primary N) is 1. The van der Waals surface area contributed by atoms with Crippen LogP contribution in [0.3, 0.4) is 0 Å². The number of hydrogen-bond acceptors (Lipinski definition) is 8. The number of rotatable bonds is 23. The Kier molecular flexibility index (Phi) is 19.5. The molecule has 2 fully saturated rings. The van der Waals surface area contributed by atoms with Crippen LogP contribution in [0.15, 0.2) is 0 Å². The van der Waals surface area contributed by atoms with Gasteiger partial charge in [0, 0.05) is 19.4 Å². The summed E-state index contributed by atoms with van der Waals surface area (Å²) >= 11 is 0. The summed E-state index contributed by atoms with van der Waals surface area (Å²) in [7, 11) is 1.44. The van der Waals surface area contributed by atoms with E-state index in [1.807, 2.05) is 0 Å². The summed E-state index contributed by atoms with van der Waals surface area (Å²) < 4.78 is 28.7. The molecular weight excluding hydrogens is 512 g/mol. The molecule has 9 heteroatoms. The van der Waals surface area contributed by atoms with Crippen molar-refractivity contribution in [2.75, 3.05) is 46.6 Å². The van der Waals surface area contributed by atoms with Crippen LogP contribution in [-0.2, 0) is 33.3 Å². The molecule has 2 heterocycles. The summed E-state index contributed by atoms with van der Waals surface area (Å²) in [4.78, 5) is 23.1. The zero-order chi connectivity index (χ0) is 28.7. The molecule has 2 rings (SSSR count). The number of carbonyl (C=O) groups is 2. The van der Waals surface area contributed by atoms with Gasteiger partial charge in [0.1, 0.15) is 0 Å². The van der Waals surface area contributed by atoms with E-state index in [-0.39, 0.29) is 29.9 Å². The summed E-state index contributed by atoms with van der Waals surface area (Å²) in [6.45, 7) is 4.04. The number of ether oxygens (including phenoxy) is 5. The second-order valence-electron chi connectivity index (χ2n) is 11.7. The molecule has 234 valence electrons. The van der Waals surface area contributed by atoms with Crippen LogP contribution in [-0.4, -0.2) is 71.1 Å². The van der Waals surface area contributed by atoms with Gasteiger partial charge >= 0.3 is 5.97 Å². The van der Waals surface area contributed by atoms with Gasteiger partial charge in [-0.2, -0.15) is 0 Å². The van der Waals surface area contributed by atoms with E-state index in [1.54, 1.807) is 0 Å². The minimum Gasteiger partial charge on any atom is -0.469 e. The maximum atomic E-state index is 11.9. The largest absolute Gasteiger partial charge is 0.469 e. The summed E-state index contributed by atoms with van der Waals surface area (Å²) in [6.07, 6.45) is 19.1. The van der Waals surface area contributed by atoms with Gasteiger partial charge in [-0.3, -0.25) is 9.59 Å². The van der Waals surface area contributed by atoms with Crippen molar-refractivity contribution >= 4 is 11.9 Å². The monoisotopic (exact) mass is 570 g/mol. The number of nitrogens with one attached hydrogen (secondary N) is 1. The smallest absolute Gasteiger partial charge is 0.305 e.